The second kappa shape index (κ2) is 7.17. The zero-order valence-corrected chi connectivity index (χ0v) is 14.4. The predicted molar refractivity (Wildman–Crippen MR) is 93.3 cm³/mol. The first-order valence-electron chi connectivity index (χ1n) is 7.86. The van der Waals surface area contributed by atoms with Crippen LogP contribution in [0.1, 0.15) is 22.1 Å². The Bertz CT molecular complexity index is 872. The van der Waals surface area contributed by atoms with Gasteiger partial charge in [0.1, 0.15) is 5.75 Å². The summed E-state index contributed by atoms with van der Waals surface area (Å²) >= 11 is 0. The Balaban J connectivity index is 1.76. The molecule has 0 bridgehead atoms. The van der Waals surface area contributed by atoms with Gasteiger partial charge in [0.05, 0.1) is 13.7 Å². The van der Waals surface area contributed by atoms with Crippen LogP contribution < -0.4 is 4.74 Å². The Labute approximate surface area is 146 Å². The first kappa shape index (κ1) is 16.7. The standard InChI is InChI=1S/C19H19N3O3/c1-13-20-21-18(25-13)12-22(2)19(23)15-10-8-14(9-11-15)16-6-4-5-7-17(16)24-3/h4-11H,12H2,1-3H3. The van der Waals surface area contributed by atoms with Gasteiger partial charge in [-0.05, 0) is 23.8 Å². The first-order valence-corrected chi connectivity index (χ1v) is 7.86. The third kappa shape index (κ3) is 3.68. The summed E-state index contributed by atoms with van der Waals surface area (Å²) in [5.74, 6) is 1.59. The van der Waals surface area contributed by atoms with E-state index in [1.54, 1.807) is 38.1 Å². The van der Waals surface area contributed by atoms with Crippen molar-refractivity contribution >= 4 is 5.91 Å². The number of benzene rings is 2. The molecule has 0 N–H and O–H groups in total. The van der Waals surface area contributed by atoms with Crippen molar-refractivity contribution in [3.05, 3.63) is 65.9 Å². The molecule has 0 fully saturated rings. The van der Waals surface area contributed by atoms with Crippen LogP contribution in [0.2, 0.25) is 0 Å². The summed E-state index contributed by atoms with van der Waals surface area (Å²) in [6.45, 7) is 1.99. The van der Waals surface area contributed by atoms with Gasteiger partial charge in [0.15, 0.2) is 0 Å². The lowest BCUT2D eigenvalue weighted by atomic mass is 10.0. The molecule has 0 aliphatic heterocycles. The van der Waals surface area contributed by atoms with Gasteiger partial charge in [-0.25, -0.2) is 0 Å². The maximum Gasteiger partial charge on any atom is 0.254 e. The number of hydrogen-bond donors (Lipinski definition) is 0. The van der Waals surface area contributed by atoms with E-state index >= 15 is 0 Å². The highest BCUT2D eigenvalue weighted by molar-refractivity contribution is 5.94. The lowest BCUT2D eigenvalue weighted by Gasteiger charge is -2.15. The van der Waals surface area contributed by atoms with E-state index in [9.17, 15) is 4.79 Å². The third-order valence-corrected chi connectivity index (χ3v) is 3.84. The number of methoxy groups -OCH3 is 1. The molecule has 0 spiro atoms. The fourth-order valence-corrected chi connectivity index (χ4v) is 2.57. The molecule has 0 atom stereocenters. The zero-order chi connectivity index (χ0) is 17.8. The van der Waals surface area contributed by atoms with Crippen LogP contribution in [0.5, 0.6) is 5.75 Å². The van der Waals surface area contributed by atoms with Crippen LogP contribution >= 0.6 is 0 Å². The van der Waals surface area contributed by atoms with Crippen LogP contribution in [-0.2, 0) is 6.54 Å². The fraction of sp³-hybridized carbons (Fsp3) is 0.211. The molecule has 6 nitrogen and oxygen atoms in total. The summed E-state index contributed by atoms with van der Waals surface area (Å²) in [6.07, 6.45) is 0. The highest BCUT2D eigenvalue weighted by Gasteiger charge is 2.15. The van der Waals surface area contributed by atoms with E-state index in [1.807, 2.05) is 36.4 Å². The molecule has 0 aliphatic carbocycles. The molecule has 3 rings (SSSR count). The molecule has 0 saturated heterocycles. The molecule has 25 heavy (non-hydrogen) atoms. The van der Waals surface area contributed by atoms with Gasteiger partial charge in [-0.2, -0.15) is 0 Å². The maximum atomic E-state index is 12.5. The van der Waals surface area contributed by atoms with E-state index in [0.29, 0.717) is 17.3 Å². The van der Waals surface area contributed by atoms with Crippen molar-refractivity contribution in [1.82, 2.24) is 15.1 Å². The number of rotatable bonds is 5. The smallest absolute Gasteiger partial charge is 0.254 e. The van der Waals surface area contributed by atoms with E-state index in [4.69, 9.17) is 9.15 Å². The van der Waals surface area contributed by atoms with Gasteiger partial charge < -0.3 is 14.1 Å². The van der Waals surface area contributed by atoms with Crippen molar-refractivity contribution in [3.8, 4) is 16.9 Å². The normalized spacial score (nSPS) is 10.5. The van der Waals surface area contributed by atoms with Crippen molar-refractivity contribution in [1.29, 1.82) is 0 Å². The predicted octanol–water partition coefficient (Wildman–Crippen LogP) is 3.33. The van der Waals surface area contributed by atoms with Crippen molar-refractivity contribution < 1.29 is 13.9 Å². The number of ether oxygens (including phenoxy) is 1. The summed E-state index contributed by atoms with van der Waals surface area (Å²) in [6, 6.07) is 15.2. The topological polar surface area (TPSA) is 68.5 Å². The molecule has 1 amide bonds. The number of amides is 1. The van der Waals surface area contributed by atoms with Crippen molar-refractivity contribution in [2.75, 3.05) is 14.2 Å². The summed E-state index contributed by atoms with van der Waals surface area (Å²) in [5, 5.41) is 7.68. The summed E-state index contributed by atoms with van der Waals surface area (Å²) in [5.41, 5.74) is 2.57. The number of aryl methyl sites for hydroxylation is 1. The van der Waals surface area contributed by atoms with Crippen molar-refractivity contribution in [3.63, 3.8) is 0 Å². The second-order valence-corrected chi connectivity index (χ2v) is 5.65. The molecule has 1 aromatic heterocycles. The van der Waals surface area contributed by atoms with Crippen molar-refractivity contribution in [2.45, 2.75) is 13.5 Å². The lowest BCUT2D eigenvalue weighted by molar-refractivity contribution is 0.0772. The minimum atomic E-state index is -0.109. The van der Waals surface area contributed by atoms with Crippen LogP contribution in [0.3, 0.4) is 0 Å². The Kier molecular flexibility index (Phi) is 4.79. The third-order valence-electron chi connectivity index (χ3n) is 3.84. The lowest BCUT2D eigenvalue weighted by Crippen LogP contribution is -2.26. The van der Waals surface area contributed by atoms with E-state index in [1.165, 1.54) is 0 Å². The van der Waals surface area contributed by atoms with Gasteiger partial charge in [0.2, 0.25) is 11.8 Å². The van der Waals surface area contributed by atoms with Crippen LogP contribution in [0.4, 0.5) is 0 Å². The Morgan fingerprint density at radius 3 is 2.48 bits per heavy atom. The molecule has 0 unspecified atom stereocenters. The molecular formula is C19H19N3O3. The molecule has 2 aromatic carbocycles. The van der Waals surface area contributed by atoms with Crippen LogP contribution in [0, 0.1) is 6.92 Å². The number of nitrogens with zero attached hydrogens (tertiary/aromatic N) is 3. The highest BCUT2D eigenvalue weighted by atomic mass is 16.5. The second-order valence-electron chi connectivity index (χ2n) is 5.65. The van der Waals surface area contributed by atoms with E-state index < -0.39 is 0 Å². The van der Waals surface area contributed by atoms with Crippen LogP contribution in [-0.4, -0.2) is 35.2 Å². The van der Waals surface area contributed by atoms with Gasteiger partial charge in [-0.1, -0.05) is 30.3 Å². The molecular weight excluding hydrogens is 318 g/mol. The fourth-order valence-electron chi connectivity index (χ4n) is 2.57. The average Bonchev–Trinajstić information content (AvgIpc) is 3.06. The Morgan fingerprint density at radius 1 is 1.12 bits per heavy atom. The molecule has 0 aliphatic rings. The maximum absolute atomic E-state index is 12.5. The number of hydrogen-bond acceptors (Lipinski definition) is 5. The quantitative estimate of drug-likeness (QED) is 0.714. The number of carbonyl (C=O) groups is 1. The SMILES string of the molecule is COc1ccccc1-c1ccc(C(=O)N(C)Cc2nnc(C)o2)cc1. The Hall–Kier alpha value is -3.15. The largest absolute Gasteiger partial charge is 0.496 e. The minimum Gasteiger partial charge on any atom is -0.496 e. The van der Waals surface area contributed by atoms with Gasteiger partial charge in [-0.15, -0.1) is 10.2 Å². The number of para-hydroxylation sites is 1. The monoisotopic (exact) mass is 337 g/mol. The average molecular weight is 337 g/mol. The van der Waals surface area contributed by atoms with Crippen LogP contribution in [0.25, 0.3) is 11.1 Å². The van der Waals surface area contributed by atoms with Crippen LogP contribution in [0.15, 0.2) is 52.9 Å². The van der Waals surface area contributed by atoms with Gasteiger partial charge in [0, 0.05) is 25.1 Å². The van der Waals surface area contributed by atoms with E-state index in [0.717, 1.165) is 16.9 Å². The van der Waals surface area contributed by atoms with E-state index in [2.05, 4.69) is 10.2 Å². The molecule has 0 saturated carbocycles. The Morgan fingerprint density at radius 2 is 1.84 bits per heavy atom. The number of carbonyl (C=O) groups excluding carboxylic acids is 1. The summed E-state index contributed by atoms with van der Waals surface area (Å²) in [7, 11) is 3.35. The highest BCUT2D eigenvalue weighted by Crippen LogP contribution is 2.29. The summed E-state index contributed by atoms with van der Waals surface area (Å²) < 4.78 is 10.7. The van der Waals surface area contributed by atoms with Crippen molar-refractivity contribution in [2.24, 2.45) is 0 Å². The number of aromatic nitrogens is 2. The first-order chi connectivity index (χ1) is 12.1. The van der Waals surface area contributed by atoms with Gasteiger partial charge in [-0.3, -0.25) is 4.79 Å². The van der Waals surface area contributed by atoms with Gasteiger partial charge >= 0.3 is 0 Å². The molecule has 0 radical (unpaired) electrons. The minimum absolute atomic E-state index is 0.109. The van der Waals surface area contributed by atoms with Gasteiger partial charge in [0.25, 0.3) is 5.91 Å². The molecule has 1 heterocycles. The van der Waals surface area contributed by atoms with E-state index in [-0.39, 0.29) is 12.5 Å². The zero-order valence-electron chi connectivity index (χ0n) is 14.4. The molecule has 128 valence electrons. The molecule has 6 heteroatoms. The molecule has 3 aromatic rings. The summed E-state index contributed by atoms with van der Waals surface area (Å²) in [4.78, 5) is 14.1.